The first-order valence-electron chi connectivity index (χ1n) is 9.71. The highest BCUT2D eigenvalue weighted by molar-refractivity contribution is 5.86. The van der Waals surface area contributed by atoms with Crippen molar-refractivity contribution in [1.82, 2.24) is 15.2 Å². The lowest BCUT2D eigenvalue weighted by molar-refractivity contribution is -0.145. The van der Waals surface area contributed by atoms with Crippen LogP contribution in [0.2, 0.25) is 0 Å². The van der Waals surface area contributed by atoms with Gasteiger partial charge in [-0.15, -0.1) is 0 Å². The minimum absolute atomic E-state index is 0.0878. The molecule has 1 aliphatic heterocycles. The second-order valence-electron chi connectivity index (χ2n) is 7.31. The van der Waals surface area contributed by atoms with Crippen molar-refractivity contribution in [1.29, 1.82) is 0 Å². The number of rotatable bonds is 5. The van der Waals surface area contributed by atoms with Gasteiger partial charge in [-0.3, -0.25) is 9.79 Å². The number of ether oxygens (including phenoxy) is 1. The van der Waals surface area contributed by atoms with Crippen molar-refractivity contribution < 1.29 is 9.53 Å². The number of hydrogen-bond acceptors (Lipinski definition) is 3. The van der Waals surface area contributed by atoms with Gasteiger partial charge in [0.1, 0.15) is 0 Å². The van der Waals surface area contributed by atoms with Crippen LogP contribution < -0.4 is 5.32 Å². The third-order valence-corrected chi connectivity index (χ3v) is 5.39. The van der Waals surface area contributed by atoms with Gasteiger partial charge in [-0.25, -0.2) is 0 Å². The molecule has 2 atom stereocenters. The summed E-state index contributed by atoms with van der Waals surface area (Å²) in [4.78, 5) is 22.3. The average Bonchev–Trinajstić information content (AvgIpc) is 3.25. The van der Waals surface area contributed by atoms with E-state index in [9.17, 15) is 4.79 Å². The summed E-state index contributed by atoms with van der Waals surface area (Å²) in [6.07, 6.45) is 2.97. The number of aromatic amines is 1. The Morgan fingerprint density at radius 2 is 2.22 bits per heavy atom. The topological polar surface area (TPSA) is 69.7 Å². The molecular formula is C21H30N4O2. The van der Waals surface area contributed by atoms with Crippen LogP contribution in [0.5, 0.6) is 0 Å². The van der Waals surface area contributed by atoms with E-state index in [0.29, 0.717) is 13.1 Å². The number of nitrogens with one attached hydrogen (secondary N) is 2. The molecule has 1 fully saturated rings. The fourth-order valence-electron chi connectivity index (χ4n) is 3.95. The van der Waals surface area contributed by atoms with E-state index in [0.717, 1.165) is 25.5 Å². The normalized spacial score (nSPS) is 20.3. The van der Waals surface area contributed by atoms with Crippen molar-refractivity contribution in [3.05, 3.63) is 35.5 Å². The van der Waals surface area contributed by atoms with Crippen molar-refractivity contribution in [2.75, 3.05) is 33.3 Å². The number of nitrogens with zero attached hydrogens (tertiary/aromatic N) is 2. The smallest absolute Gasteiger partial charge is 0.310 e. The Morgan fingerprint density at radius 3 is 2.96 bits per heavy atom. The fourth-order valence-corrected chi connectivity index (χ4v) is 3.95. The molecule has 6 nitrogen and oxygen atoms in total. The van der Waals surface area contributed by atoms with E-state index < -0.39 is 0 Å². The molecule has 3 rings (SSSR count). The number of hydrogen-bond donors (Lipinski definition) is 2. The number of carbonyl (C=O) groups is 1. The molecule has 2 N–H and O–H groups in total. The van der Waals surface area contributed by atoms with Gasteiger partial charge in [-0.1, -0.05) is 19.1 Å². The fraction of sp³-hybridized carbons (Fsp3) is 0.524. The van der Waals surface area contributed by atoms with Gasteiger partial charge < -0.3 is 19.9 Å². The van der Waals surface area contributed by atoms with Gasteiger partial charge in [0.15, 0.2) is 5.96 Å². The van der Waals surface area contributed by atoms with Crippen LogP contribution in [0.3, 0.4) is 0 Å². The zero-order valence-electron chi connectivity index (χ0n) is 16.7. The van der Waals surface area contributed by atoms with Crippen LogP contribution in [-0.2, 0) is 16.0 Å². The minimum atomic E-state index is -0.130. The predicted molar refractivity (Wildman–Crippen MR) is 109 cm³/mol. The molecule has 0 saturated carbocycles. The number of fused-ring (bicyclic) bond motifs is 1. The Labute approximate surface area is 161 Å². The van der Waals surface area contributed by atoms with Crippen LogP contribution in [0.25, 0.3) is 10.9 Å². The third-order valence-electron chi connectivity index (χ3n) is 5.39. The highest BCUT2D eigenvalue weighted by Crippen LogP contribution is 2.25. The van der Waals surface area contributed by atoms with E-state index in [1.807, 2.05) is 0 Å². The lowest BCUT2D eigenvalue weighted by Gasteiger charge is -2.21. The van der Waals surface area contributed by atoms with Gasteiger partial charge in [0, 0.05) is 43.3 Å². The Kier molecular flexibility index (Phi) is 6.04. The number of aromatic nitrogens is 1. The first kappa shape index (κ1) is 19.3. The molecule has 1 aliphatic rings. The van der Waals surface area contributed by atoms with E-state index >= 15 is 0 Å². The van der Waals surface area contributed by atoms with E-state index in [1.54, 1.807) is 0 Å². The van der Waals surface area contributed by atoms with Gasteiger partial charge in [-0.05, 0) is 43.4 Å². The summed E-state index contributed by atoms with van der Waals surface area (Å²) in [5.74, 6) is 0.926. The average molecular weight is 370 g/mol. The first-order valence-corrected chi connectivity index (χ1v) is 9.71. The second-order valence-corrected chi connectivity index (χ2v) is 7.31. The van der Waals surface area contributed by atoms with Crippen LogP contribution in [0.1, 0.15) is 25.0 Å². The number of esters is 1. The highest BCUT2D eigenvalue weighted by atomic mass is 16.5. The van der Waals surface area contributed by atoms with Crippen LogP contribution in [0.15, 0.2) is 29.4 Å². The van der Waals surface area contributed by atoms with Gasteiger partial charge in [0.05, 0.1) is 13.0 Å². The monoisotopic (exact) mass is 370 g/mol. The highest BCUT2D eigenvalue weighted by Gasteiger charge is 2.36. The number of methoxy groups -OCH3 is 1. The Balaban J connectivity index is 1.70. The van der Waals surface area contributed by atoms with Gasteiger partial charge in [0.25, 0.3) is 0 Å². The van der Waals surface area contributed by atoms with Crippen LogP contribution in [0, 0.1) is 18.8 Å². The van der Waals surface area contributed by atoms with E-state index in [2.05, 4.69) is 60.4 Å². The molecule has 0 aliphatic carbocycles. The molecule has 2 aromatic rings. The first-order chi connectivity index (χ1) is 13.0. The predicted octanol–water partition coefficient (Wildman–Crippen LogP) is 2.73. The van der Waals surface area contributed by atoms with Crippen LogP contribution in [-0.4, -0.2) is 55.1 Å². The zero-order chi connectivity index (χ0) is 19.4. The molecule has 0 bridgehead atoms. The molecule has 27 heavy (non-hydrogen) atoms. The quantitative estimate of drug-likeness (QED) is 0.482. The molecule has 2 heterocycles. The van der Waals surface area contributed by atoms with E-state index in [-0.39, 0.29) is 17.8 Å². The van der Waals surface area contributed by atoms with E-state index in [4.69, 9.17) is 9.73 Å². The summed E-state index contributed by atoms with van der Waals surface area (Å²) in [5, 5.41) is 4.67. The lowest BCUT2D eigenvalue weighted by atomic mass is 9.99. The Morgan fingerprint density at radius 1 is 1.41 bits per heavy atom. The minimum Gasteiger partial charge on any atom is -0.469 e. The van der Waals surface area contributed by atoms with Crippen molar-refractivity contribution in [3.63, 3.8) is 0 Å². The zero-order valence-corrected chi connectivity index (χ0v) is 16.7. The summed E-state index contributed by atoms with van der Waals surface area (Å²) < 4.78 is 4.95. The van der Waals surface area contributed by atoms with Crippen molar-refractivity contribution in [2.24, 2.45) is 16.8 Å². The molecule has 1 aromatic heterocycles. The van der Waals surface area contributed by atoms with Gasteiger partial charge in [-0.2, -0.15) is 0 Å². The lowest BCUT2D eigenvalue weighted by Crippen LogP contribution is -2.40. The number of aryl methyl sites for hydroxylation is 1. The number of likely N-dealkylation sites (tertiary alicyclic amines) is 1. The van der Waals surface area contributed by atoms with Gasteiger partial charge >= 0.3 is 5.97 Å². The van der Waals surface area contributed by atoms with Crippen molar-refractivity contribution in [3.8, 4) is 0 Å². The molecular weight excluding hydrogens is 340 g/mol. The second kappa shape index (κ2) is 8.46. The molecule has 0 amide bonds. The number of H-pyrrole nitrogens is 1. The molecule has 1 saturated heterocycles. The largest absolute Gasteiger partial charge is 0.469 e. The Bertz CT molecular complexity index is 827. The Hall–Kier alpha value is -2.50. The molecule has 2 unspecified atom stereocenters. The number of aliphatic imine (C=N–C) groups is 1. The molecule has 0 spiro atoms. The third kappa shape index (κ3) is 4.10. The maximum Gasteiger partial charge on any atom is 0.310 e. The van der Waals surface area contributed by atoms with Crippen LogP contribution in [0.4, 0.5) is 0 Å². The summed E-state index contributed by atoms with van der Waals surface area (Å²) in [7, 11) is 1.46. The SMILES string of the molecule is CCNC(=NCCc1c[nH]c2cccc(C)c12)N1CC(C)C(C(=O)OC)C1. The molecule has 6 heteroatoms. The van der Waals surface area contributed by atoms with Crippen molar-refractivity contribution >= 4 is 22.8 Å². The van der Waals surface area contributed by atoms with Gasteiger partial charge in [0.2, 0.25) is 0 Å². The van der Waals surface area contributed by atoms with E-state index in [1.165, 1.54) is 29.1 Å². The van der Waals surface area contributed by atoms with Crippen LogP contribution >= 0.6 is 0 Å². The molecule has 1 aromatic carbocycles. The summed E-state index contributed by atoms with van der Waals surface area (Å²) >= 11 is 0. The number of carbonyl (C=O) groups excluding carboxylic acids is 1. The standard InChI is InChI=1S/C21H30N4O2/c1-5-22-21(25-12-15(3)17(13-25)20(26)27-4)23-10-9-16-11-24-18-8-6-7-14(2)19(16)18/h6-8,11,15,17,24H,5,9-10,12-13H2,1-4H3,(H,22,23). The molecule has 146 valence electrons. The maximum atomic E-state index is 12.0. The van der Waals surface area contributed by atoms with Crippen molar-refractivity contribution in [2.45, 2.75) is 27.2 Å². The molecule has 0 radical (unpaired) electrons. The number of benzene rings is 1. The summed E-state index contributed by atoms with van der Waals surface area (Å²) in [6, 6.07) is 6.33. The summed E-state index contributed by atoms with van der Waals surface area (Å²) in [5.41, 5.74) is 3.76. The summed E-state index contributed by atoms with van der Waals surface area (Å²) in [6.45, 7) is 9.29. The number of guanidine groups is 1. The maximum absolute atomic E-state index is 12.0.